The molecule has 0 radical (unpaired) electrons. The Kier molecular flexibility index (Phi) is 9.24. The van der Waals surface area contributed by atoms with E-state index < -0.39 is 41.6 Å². The fourth-order valence-corrected chi connectivity index (χ4v) is 7.86. The maximum absolute atomic E-state index is 14.2. The summed E-state index contributed by atoms with van der Waals surface area (Å²) in [6.07, 6.45) is 2.31. The maximum atomic E-state index is 14.2. The first-order chi connectivity index (χ1) is 22.8. The van der Waals surface area contributed by atoms with Crippen molar-refractivity contribution in [2.24, 2.45) is 35.3 Å². The lowest BCUT2D eigenvalue weighted by Gasteiger charge is -2.39. The van der Waals surface area contributed by atoms with E-state index in [-0.39, 0.29) is 36.0 Å². The summed E-state index contributed by atoms with van der Waals surface area (Å²) in [5.41, 5.74) is 8.38. The second kappa shape index (κ2) is 13.2. The number of imidazole rings is 1. The van der Waals surface area contributed by atoms with Crippen LogP contribution in [0, 0.1) is 29.6 Å². The highest BCUT2D eigenvalue weighted by Gasteiger charge is 2.50. The number of benzene rings is 2. The zero-order valence-electron chi connectivity index (χ0n) is 28.2. The Morgan fingerprint density at radius 3 is 2.33 bits per heavy atom. The van der Waals surface area contributed by atoms with Crippen molar-refractivity contribution in [2.45, 2.75) is 89.9 Å². The van der Waals surface area contributed by atoms with Crippen LogP contribution in [-0.4, -0.2) is 67.7 Å². The summed E-state index contributed by atoms with van der Waals surface area (Å²) in [4.78, 5) is 57.9. The summed E-state index contributed by atoms with van der Waals surface area (Å²) in [6, 6.07) is 16.8. The van der Waals surface area contributed by atoms with Gasteiger partial charge in [0.25, 0.3) is 0 Å². The van der Waals surface area contributed by atoms with Crippen LogP contribution >= 0.6 is 0 Å². The second-order valence-electron chi connectivity index (χ2n) is 15.1. The van der Waals surface area contributed by atoms with Gasteiger partial charge in [0.2, 0.25) is 11.8 Å². The van der Waals surface area contributed by atoms with Crippen molar-refractivity contribution in [2.75, 3.05) is 6.54 Å². The lowest BCUT2D eigenvalue weighted by molar-refractivity contribution is -0.139. The zero-order chi connectivity index (χ0) is 34.3. The van der Waals surface area contributed by atoms with Crippen molar-refractivity contribution in [1.82, 2.24) is 19.8 Å². The number of carbonyl (C=O) groups is 4. The molecule has 1 aromatic heterocycles. The lowest BCUT2D eigenvalue weighted by Crippen LogP contribution is -2.54. The molecule has 2 aliphatic carbocycles. The number of amides is 3. The largest absolute Gasteiger partial charge is 0.481 e. The number of likely N-dealkylation sites (tertiary alicyclic amines) is 1. The first-order valence-corrected chi connectivity index (χ1v) is 17.1. The van der Waals surface area contributed by atoms with Crippen LogP contribution in [0.25, 0.3) is 11.0 Å². The third-order valence-electron chi connectivity index (χ3n) is 10.5. The Labute approximate surface area is 281 Å². The van der Waals surface area contributed by atoms with Gasteiger partial charge < -0.3 is 30.4 Å². The van der Waals surface area contributed by atoms with Gasteiger partial charge >= 0.3 is 12.1 Å². The summed E-state index contributed by atoms with van der Waals surface area (Å²) >= 11 is 0. The van der Waals surface area contributed by atoms with Gasteiger partial charge in [0.05, 0.1) is 17.0 Å². The fraction of sp³-hybridized carbons (Fsp3) is 0.541. The van der Waals surface area contributed by atoms with E-state index >= 15 is 0 Å². The average Bonchev–Trinajstić information content (AvgIpc) is 3.59. The summed E-state index contributed by atoms with van der Waals surface area (Å²) in [5, 5.41) is 12.2. The number of carboxylic acids is 1. The average molecular weight is 658 g/mol. The number of carbonyl (C=O) groups excluding carboxylic acids is 3. The van der Waals surface area contributed by atoms with Crippen LogP contribution in [0.3, 0.4) is 0 Å². The number of primary amides is 1. The minimum atomic E-state index is -0.975. The number of aliphatic carboxylic acids is 1. The number of nitrogens with zero attached hydrogens (tertiary/aromatic N) is 3. The molecule has 1 unspecified atom stereocenters. The Bertz CT molecular complexity index is 1680. The SMILES string of the molecule is CC(C[C@H](NC(=O)OC(C)(C)C)C(=O)N1C[C@H](C2CC(c3nc4ccccc4n3Cc3ccccc3)C2)C[C@H]1C(N)=O)[C@@H]1C[C@@H]1C(=O)O. The van der Waals surface area contributed by atoms with E-state index in [0.717, 1.165) is 36.2 Å². The van der Waals surface area contributed by atoms with Crippen LogP contribution in [0.1, 0.15) is 77.1 Å². The normalized spacial score (nSPS) is 26.4. The predicted molar refractivity (Wildman–Crippen MR) is 180 cm³/mol. The summed E-state index contributed by atoms with van der Waals surface area (Å²) in [5.74, 6) is -0.768. The number of carboxylic acid groups (broad SMARTS) is 1. The number of rotatable bonds is 11. The zero-order valence-corrected chi connectivity index (χ0v) is 28.2. The molecule has 6 atom stereocenters. The van der Waals surface area contributed by atoms with Crippen LogP contribution in [0.15, 0.2) is 54.6 Å². The van der Waals surface area contributed by atoms with Crippen molar-refractivity contribution in [3.63, 3.8) is 0 Å². The van der Waals surface area contributed by atoms with Crippen LogP contribution in [-0.2, 0) is 25.7 Å². The topological polar surface area (TPSA) is 157 Å². The lowest BCUT2D eigenvalue weighted by atomic mass is 9.67. The third-order valence-corrected chi connectivity index (χ3v) is 10.5. The molecule has 1 aliphatic heterocycles. The Hall–Kier alpha value is -4.41. The molecule has 2 saturated carbocycles. The van der Waals surface area contributed by atoms with E-state index in [1.54, 1.807) is 25.7 Å². The van der Waals surface area contributed by atoms with E-state index in [1.165, 1.54) is 5.56 Å². The molecule has 0 bridgehead atoms. The fourth-order valence-electron chi connectivity index (χ4n) is 7.86. The molecule has 6 rings (SSSR count). The van der Waals surface area contributed by atoms with E-state index in [0.29, 0.717) is 25.3 Å². The summed E-state index contributed by atoms with van der Waals surface area (Å²) in [7, 11) is 0. The highest BCUT2D eigenvalue weighted by molar-refractivity contribution is 5.91. The number of nitrogens with one attached hydrogen (secondary N) is 1. The number of hydrogen-bond acceptors (Lipinski definition) is 6. The predicted octanol–water partition coefficient (Wildman–Crippen LogP) is 4.92. The number of aromatic nitrogens is 2. The second-order valence-corrected chi connectivity index (χ2v) is 15.1. The Morgan fingerprint density at radius 1 is 1.00 bits per heavy atom. The smallest absolute Gasteiger partial charge is 0.408 e. The molecule has 3 aromatic rings. The summed E-state index contributed by atoms with van der Waals surface area (Å²) < 4.78 is 7.78. The van der Waals surface area contributed by atoms with Gasteiger partial charge in [-0.15, -0.1) is 0 Å². The van der Waals surface area contributed by atoms with E-state index in [2.05, 4.69) is 28.1 Å². The minimum Gasteiger partial charge on any atom is -0.481 e. The molecular formula is C37H47N5O6. The van der Waals surface area contributed by atoms with Gasteiger partial charge in [-0.05, 0) is 94.2 Å². The first kappa shape index (κ1) is 33.5. The van der Waals surface area contributed by atoms with Crippen molar-refractivity contribution >= 4 is 34.9 Å². The molecule has 1 saturated heterocycles. The number of fused-ring (bicyclic) bond motifs is 1. The molecule has 4 N–H and O–H groups in total. The van der Waals surface area contributed by atoms with Gasteiger partial charge in [-0.25, -0.2) is 9.78 Å². The molecule has 3 aliphatic rings. The minimum absolute atomic E-state index is 0.0745. The first-order valence-electron chi connectivity index (χ1n) is 17.1. The highest BCUT2D eigenvalue weighted by Crippen LogP contribution is 2.49. The molecule has 256 valence electrons. The molecule has 0 spiro atoms. The van der Waals surface area contributed by atoms with Gasteiger partial charge in [0.1, 0.15) is 23.5 Å². The highest BCUT2D eigenvalue weighted by atomic mass is 16.6. The van der Waals surface area contributed by atoms with Gasteiger partial charge in [0, 0.05) is 19.0 Å². The Balaban J connectivity index is 1.16. The molecule has 48 heavy (non-hydrogen) atoms. The number of para-hydroxylation sites is 2. The van der Waals surface area contributed by atoms with Crippen LogP contribution in [0.5, 0.6) is 0 Å². The monoisotopic (exact) mass is 657 g/mol. The number of hydrogen-bond donors (Lipinski definition) is 3. The van der Waals surface area contributed by atoms with Gasteiger partial charge in [-0.1, -0.05) is 49.4 Å². The number of ether oxygens (including phenoxy) is 1. The van der Waals surface area contributed by atoms with Crippen molar-refractivity contribution in [3.05, 3.63) is 66.0 Å². The maximum Gasteiger partial charge on any atom is 0.408 e. The van der Waals surface area contributed by atoms with Gasteiger partial charge in [0.15, 0.2) is 0 Å². The van der Waals surface area contributed by atoms with Crippen molar-refractivity contribution in [3.8, 4) is 0 Å². The molecule has 11 heteroatoms. The third kappa shape index (κ3) is 7.19. The van der Waals surface area contributed by atoms with Crippen LogP contribution in [0.4, 0.5) is 4.79 Å². The molecule has 3 amide bonds. The van der Waals surface area contributed by atoms with E-state index in [4.69, 9.17) is 15.5 Å². The van der Waals surface area contributed by atoms with Crippen LogP contribution in [0.2, 0.25) is 0 Å². The number of alkyl carbamates (subject to hydrolysis) is 1. The van der Waals surface area contributed by atoms with Gasteiger partial charge in [-0.2, -0.15) is 0 Å². The molecule has 3 fully saturated rings. The van der Waals surface area contributed by atoms with Gasteiger partial charge in [-0.3, -0.25) is 14.4 Å². The van der Waals surface area contributed by atoms with Crippen molar-refractivity contribution < 1.29 is 29.0 Å². The van der Waals surface area contributed by atoms with E-state index in [1.807, 2.05) is 43.3 Å². The van der Waals surface area contributed by atoms with Crippen molar-refractivity contribution in [1.29, 1.82) is 0 Å². The molecule has 2 heterocycles. The number of nitrogens with two attached hydrogens (primary N) is 1. The standard InChI is InChI=1S/C37H47N5O6/c1-21(26-18-27(26)35(45)46)14-29(40-36(47)48-37(2,3)4)34(44)42-20-25(17-31(42)32(38)43)23-15-24(16-23)33-39-28-12-8-9-13-30(28)41(33)19-22-10-6-5-7-11-22/h5-13,21,23-27,29,31H,14-20H2,1-4H3,(H2,38,43)(H,40,47)(H,45,46)/t21?,23?,24?,25-,26+,27+,29+,31+/m1/s1. The molecular weight excluding hydrogens is 610 g/mol. The van der Waals surface area contributed by atoms with E-state index in [9.17, 15) is 24.3 Å². The molecule has 2 aromatic carbocycles. The molecule has 11 nitrogen and oxygen atoms in total. The quantitative estimate of drug-likeness (QED) is 0.264. The Morgan fingerprint density at radius 2 is 1.69 bits per heavy atom. The van der Waals surface area contributed by atoms with Crippen LogP contribution < -0.4 is 11.1 Å². The summed E-state index contributed by atoms with van der Waals surface area (Å²) in [6.45, 7) is 8.22.